The molecule has 0 aliphatic heterocycles. The van der Waals surface area contributed by atoms with Gasteiger partial charge in [-0.3, -0.25) is 0 Å². The Labute approximate surface area is 168 Å². The summed E-state index contributed by atoms with van der Waals surface area (Å²) in [5.41, 5.74) is 4.51. The molecule has 0 aliphatic carbocycles. The molecule has 0 fully saturated rings. The number of rotatable bonds is 1. The minimum Gasteiger partial charge on any atom is -0.458 e. The van der Waals surface area contributed by atoms with E-state index < -0.39 is 0 Å². The Balaban J connectivity index is 0.000000660. The fourth-order valence-electron chi connectivity index (χ4n) is 3.19. The normalized spacial score (nSPS) is 11.5. The minimum absolute atomic E-state index is 0.119. The van der Waals surface area contributed by atoms with Gasteiger partial charge < -0.3 is 4.42 Å². The number of aryl methyl sites for hydroxylation is 1. The zero-order valence-corrected chi connectivity index (χ0v) is 19.0. The molecule has 0 aliphatic rings. The monoisotopic (exact) mass is 382 g/mol. The topological polar surface area (TPSA) is 56.2 Å². The molecule has 0 unspecified atom stereocenters. The SMILES string of the molecule is CC.CC.Cc1nc(C(C)(C)C)c2c(n1)c1oc(C(C)C)cc1c1ccnn12. The second-order valence-electron chi connectivity index (χ2n) is 7.74. The molecule has 0 spiro atoms. The van der Waals surface area contributed by atoms with Crippen LogP contribution in [0.1, 0.15) is 85.5 Å². The van der Waals surface area contributed by atoms with Gasteiger partial charge in [-0.15, -0.1) is 0 Å². The summed E-state index contributed by atoms with van der Waals surface area (Å²) in [4.78, 5) is 9.45. The van der Waals surface area contributed by atoms with E-state index in [2.05, 4.69) is 45.8 Å². The van der Waals surface area contributed by atoms with Crippen LogP contribution in [0.5, 0.6) is 0 Å². The van der Waals surface area contributed by atoms with Crippen LogP contribution in [-0.2, 0) is 5.41 Å². The number of furan rings is 1. The number of hydrogen-bond donors (Lipinski definition) is 0. The van der Waals surface area contributed by atoms with Gasteiger partial charge in [0.2, 0.25) is 0 Å². The highest BCUT2D eigenvalue weighted by Gasteiger charge is 2.25. The first-order valence-electron chi connectivity index (χ1n) is 10.4. The Morgan fingerprint density at radius 1 is 1.04 bits per heavy atom. The van der Waals surface area contributed by atoms with Gasteiger partial charge >= 0.3 is 0 Å². The van der Waals surface area contributed by atoms with Gasteiger partial charge in [-0.1, -0.05) is 62.3 Å². The van der Waals surface area contributed by atoms with Crippen LogP contribution in [0.4, 0.5) is 0 Å². The maximum Gasteiger partial charge on any atom is 0.164 e. The van der Waals surface area contributed by atoms with Gasteiger partial charge in [0.15, 0.2) is 5.58 Å². The molecule has 0 bridgehead atoms. The molecule has 152 valence electrons. The molecule has 28 heavy (non-hydrogen) atoms. The second-order valence-corrected chi connectivity index (χ2v) is 7.74. The van der Waals surface area contributed by atoms with Crippen molar-refractivity contribution < 1.29 is 4.42 Å². The minimum atomic E-state index is -0.119. The van der Waals surface area contributed by atoms with Crippen molar-refractivity contribution in [3.63, 3.8) is 0 Å². The molecule has 4 aromatic heterocycles. The molecular formula is C23H34N4O. The third kappa shape index (κ3) is 3.62. The van der Waals surface area contributed by atoms with Crippen LogP contribution < -0.4 is 0 Å². The Hall–Kier alpha value is -2.43. The molecule has 5 nitrogen and oxygen atoms in total. The summed E-state index contributed by atoms with van der Waals surface area (Å²) in [5, 5.41) is 5.61. The van der Waals surface area contributed by atoms with Crippen molar-refractivity contribution in [2.75, 3.05) is 0 Å². The predicted molar refractivity (Wildman–Crippen MR) is 118 cm³/mol. The van der Waals surface area contributed by atoms with E-state index in [0.29, 0.717) is 5.92 Å². The number of pyridine rings is 1. The lowest BCUT2D eigenvalue weighted by molar-refractivity contribution is 0.523. The van der Waals surface area contributed by atoms with E-state index in [0.717, 1.165) is 44.8 Å². The van der Waals surface area contributed by atoms with Crippen molar-refractivity contribution in [1.82, 2.24) is 19.6 Å². The third-order valence-corrected chi connectivity index (χ3v) is 4.37. The second kappa shape index (κ2) is 8.29. The Morgan fingerprint density at radius 3 is 2.25 bits per heavy atom. The van der Waals surface area contributed by atoms with Gasteiger partial charge in [-0.2, -0.15) is 5.10 Å². The lowest BCUT2D eigenvalue weighted by Gasteiger charge is -2.20. The van der Waals surface area contributed by atoms with Crippen LogP contribution in [-0.4, -0.2) is 19.6 Å². The molecule has 0 saturated carbocycles. The van der Waals surface area contributed by atoms with Gasteiger partial charge in [0.1, 0.15) is 22.6 Å². The predicted octanol–water partition coefficient (Wildman–Crippen LogP) is 6.81. The van der Waals surface area contributed by atoms with E-state index in [1.165, 1.54) is 0 Å². The molecule has 0 N–H and O–H groups in total. The summed E-state index contributed by atoms with van der Waals surface area (Å²) in [6.07, 6.45) is 1.82. The maximum atomic E-state index is 6.21. The average molecular weight is 383 g/mol. The van der Waals surface area contributed by atoms with Crippen LogP contribution in [0.25, 0.3) is 27.5 Å². The molecule has 0 amide bonds. The average Bonchev–Trinajstić information content (AvgIpc) is 3.30. The number of hydrogen-bond acceptors (Lipinski definition) is 4. The van der Waals surface area contributed by atoms with Crippen LogP contribution in [0, 0.1) is 6.92 Å². The highest BCUT2D eigenvalue weighted by atomic mass is 16.3. The fraction of sp³-hybridized carbons (Fsp3) is 0.522. The molecule has 4 rings (SSSR count). The van der Waals surface area contributed by atoms with Gasteiger partial charge in [0.25, 0.3) is 0 Å². The summed E-state index contributed by atoms with van der Waals surface area (Å²) >= 11 is 0. The summed E-state index contributed by atoms with van der Waals surface area (Å²) in [5.74, 6) is 2.04. The van der Waals surface area contributed by atoms with Gasteiger partial charge in [-0.25, -0.2) is 14.5 Å². The fourth-order valence-corrected chi connectivity index (χ4v) is 3.19. The van der Waals surface area contributed by atoms with E-state index >= 15 is 0 Å². The summed E-state index contributed by atoms with van der Waals surface area (Å²) in [6.45, 7) is 20.7. The van der Waals surface area contributed by atoms with Crippen molar-refractivity contribution >= 4 is 27.5 Å². The Kier molecular flexibility index (Phi) is 6.48. The quantitative estimate of drug-likeness (QED) is 0.363. The van der Waals surface area contributed by atoms with Gasteiger partial charge in [0.05, 0.1) is 17.4 Å². The molecule has 4 heterocycles. The first-order valence-corrected chi connectivity index (χ1v) is 10.4. The van der Waals surface area contributed by atoms with E-state index in [1.807, 2.05) is 51.4 Å². The Morgan fingerprint density at radius 2 is 1.68 bits per heavy atom. The standard InChI is InChI=1S/C19H22N4O.2C2H6/c1-10(2)14-9-12-13-7-8-20-23(13)16-15(17(12)24-14)21-11(3)22-18(16)19(4,5)6;2*1-2/h7-10H,1-6H3;2*1-2H3. The summed E-state index contributed by atoms with van der Waals surface area (Å²) < 4.78 is 8.17. The number of aromatic nitrogens is 4. The number of nitrogens with zero attached hydrogens (tertiary/aromatic N) is 4. The molecule has 0 saturated heterocycles. The molecule has 0 aromatic carbocycles. The van der Waals surface area contributed by atoms with E-state index in [1.54, 1.807) is 0 Å². The first kappa shape index (κ1) is 21.9. The molecule has 4 aromatic rings. The van der Waals surface area contributed by atoms with E-state index in [9.17, 15) is 0 Å². The van der Waals surface area contributed by atoms with Crippen molar-refractivity contribution in [2.45, 2.75) is 80.6 Å². The van der Waals surface area contributed by atoms with E-state index in [-0.39, 0.29) is 5.41 Å². The van der Waals surface area contributed by atoms with Crippen molar-refractivity contribution in [2.24, 2.45) is 0 Å². The van der Waals surface area contributed by atoms with Crippen molar-refractivity contribution in [3.8, 4) is 0 Å². The smallest absolute Gasteiger partial charge is 0.164 e. The highest BCUT2D eigenvalue weighted by molar-refractivity contribution is 6.08. The van der Waals surface area contributed by atoms with Crippen LogP contribution in [0.2, 0.25) is 0 Å². The maximum absolute atomic E-state index is 6.21. The van der Waals surface area contributed by atoms with Crippen molar-refractivity contribution in [1.29, 1.82) is 0 Å². The third-order valence-electron chi connectivity index (χ3n) is 4.37. The largest absolute Gasteiger partial charge is 0.458 e. The summed E-state index contributed by atoms with van der Waals surface area (Å²) in [7, 11) is 0. The van der Waals surface area contributed by atoms with E-state index in [4.69, 9.17) is 14.4 Å². The summed E-state index contributed by atoms with van der Waals surface area (Å²) in [6, 6.07) is 4.14. The number of fused-ring (bicyclic) bond motifs is 6. The molecule has 0 atom stereocenters. The lowest BCUT2D eigenvalue weighted by Crippen LogP contribution is -2.17. The van der Waals surface area contributed by atoms with Crippen LogP contribution >= 0.6 is 0 Å². The van der Waals surface area contributed by atoms with Gasteiger partial charge in [0, 0.05) is 16.7 Å². The van der Waals surface area contributed by atoms with Crippen LogP contribution in [0.15, 0.2) is 22.7 Å². The van der Waals surface area contributed by atoms with Gasteiger partial charge in [-0.05, 0) is 19.1 Å². The molecular weight excluding hydrogens is 348 g/mol. The zero-order valence-electron chi connectivity index (χ0n) is 19.0. The van der Waals surface area contributed by atoms with Crippen molar-refractivity contribution in [3.05, 3.63) is 35.6 Å². The zero-order chi connectivity index (χ0) is 21.2. The van der Waals surface area contributed by atoms with Crippen LogP contribution in [0.3, 0.4) is 0 Å². The highest BCUT2D eigenvalue weighted by Crippen LogP contribution is 2.36. The Bertz CT molecular complexity index is 1080. The first-order chi connectivity index (χ1) is 13.3. The molecule has 5 heteroatoms. The molecule has 0 radical (unpaired) electrons. The lowest BCUT2D eigenvalue weighted by atomic mass is 9.90.